The Morgan fingerprint density at radius 1 is 1.23 bits per heavy atom. The number of benzene rings is 1. The van der Waals surface area contributed by atoms with Gasteiger partial charge in [-0.05, 0) is 12.8 Å². The van der Waals surface area contributed by atoms with E-state index < -0.39 is 23.8 Å². The molecule has 0 bridgehead atoms. The summed E-state index contributed by atoms with van der Waals surface area (Å²) in [6, 6.07) is 1.39. The molecule has 3 heterocycles. The topological polar surface area (TPSA) is 67.4 Å². The third-order valence-electron chi connectivity index (χ3n) is 5.13. The lowest BCUT2D eigenvalue weighted by Gasteiger charge is -2.35. The van der Waals surface area contributed by atoms with Gasteiger partial charge in [0.2, 0.25) is 11.9 Å². The highest BCUT2D eigenvalue weighted by Crippen LogP contribution is 2.28. The predicted octanol–water partition coefficient (Wildman–Crippen LogP) is 1.42. The summed E-state index contributed by atoms with van der Waals surface area (Å²) < 4.78 is 42.7. The first-order valence-electron chi connectivity index (χ1n) is 8.71. The number of piperidine rings is 1. The molecule has 9 heteroatoms. The van der Waals surface area contributed by atoms with Crippen molar-refractivity contribution in [1.29, 1.82) is 0 Å². The first-order valence-corrected chi connectivity index (χ1v) is 8.71. The van der Waals surface area contributed by atoms with Gasteiger partial charge < -0.3 is 20.1 Å². The van der Waals surface area contributed by atoms with E-state index in [4.69, 9.17) is 5.73 Å². The van der Waals surface area contributed by atoms with Gasteiger partial charge >= 0.3 is 0 Å². The molecule has 140 valence electrons. The average Bonchev–Trinajstić information content (AvgIpc) is 2.86. The Morgan fingerprint density at radius 3 is 2.62 bits per heavy atom. The zero-order valence-corrected chi connectivity index (χ0v) is 14.2. The van der Waals surface area contributed by atoms with E-state index in [1.165, 1.54) is 0 Å². The molecule has 1 aromatic heterocycles. The number of hydrogen-bond acceptors (Lipinski definition) is 4. The lowest BCUT2D eigenvalue weighted by Crippen LogP contribution is -2.50. The minimum Gasteiger partial charge on any atom is -0.341 e. The molecular formula is C17H20F3N5O. The second-order valence-electron chi connectivity index (χ2n) is 6.90. The lowest BCUT2D eigenvalue weighted by atomic mass is 10.1. The summed E-state index contributed by atoms with van der Waals surface area (Å²) >= 11 is 0. The molecule has 26 heavy (non-hydrogen) atoms. The molecule has 0 unspecified atom stereocenters. The summed E-state index contributed by atoms with van der Waals surface area (Å²) in [5.41, 5.74) is 6.42. The zero-order valence-electron chi connectivity index (χ0n) is 14.2. The highest BCUT2D eigenvalue weighted by atomic mass is 19.2. The maximum Gasteiger partial charge on any atom is 0.242 e. The summed E-state index contributed by atoms with van der Waals surface area (Å²) in [6.45, 7) is 1.97. The van der Waals surface area contributed by atoms with E-state index in [0.29, 0.717) is 31.1 Å². The first-order chi connectivity index (χ1) is 12.4. The van der Waals surface area contributed by atoms with Crippen LogP contribution in [0.1, 0.15) is 12.8 Å². The van der Waals surface area contributed by atoms with Crippen LogP contribution in [0, 0.1) is 11.6 Å². The van der Waals surface area contributed by atoms with Gasteiger partial charge in [0.25, 0.3) is 0 Å². The molecule has 0 spiro atoms. The van der Waals surface area contributed by atoms with Crippen LogP contribution in [0.15, 0.2) is 12.1 Å². The standard InChI is InChI=1S/C17H20F3N5O/c18-10-2-5-24(8-13(10)21)17-22-14-6-11(19)12(20)7-15(14)25(17)9-16(26)23-3-1-4-23/h6-7,10,13H,1-5,8-9,21H2/t10-,13-/m1/s1. The Kier molecular flexibility index (Phi) is 4.26. The van der Waals surface area contributed by atoms with Crippen molar-refractivity contribution in [3.8, 4) is 0 Å². The third kappa shape index (κ3) is 2.90. The molecule has 2 saturated heterocycles. The van der Waals surface area contributed by atoms with Gasteiger partial charge in [0.1, 0.15) is 12.7 Å². The Balaban J connectivity index is 1.74. The first kappa shape index (κ1) is 17.1. The fourth-order valence-electron chi connectivity index (χ4n) is 3.44. The average molecular weight is 367 g/mol. The minimum atomic E-state index is -1.10. The molecule has 0 saturated carbocycles. The quantitative estimate of drug-likeness (QED) is 0.891. The Hall–Kier alpha value is -2.29. The largest absolute Gasteiger partial charge is 0.341 e. The van der Waals surface area contributed by atoms with Crippen molar-refractivity contribution in [1.82, 2.24) is 14.5 Å². The zero-order chi connectivity index (χ0) is 18.4. The number of nitrogens with zero attached hydrogens (tertiary/aromatic N) is 4. The van der Waals surface area contributed by atoms with E-state index in [1.54, 1.807) is 14.4 Å². The Morgan fingerprint density at radius 2 is 1.96 bits per heavy atom. The van der Waals surface area contributed by atoms with Crippen LogP contribution in [0.3, 0.4) is 0 Å². The van der Waals surface area contributed by atoms with Gasteiger partial charge in [-0.2, -0.15) is 0 Å². The SMILES string of the molecule is N[C@@H]1CN(c2nc3cc(F)c(F)cc3n2CC(=O)N2CCC2)CC[C@H]1F. The number of alkyl halides is 1. The number of amides is 1. The molecule has 2 aromatic rings. The molecule has 6 nitrogen and oxygen atoms in total. The lowest BCUT2D eigenvalue weighted by molar-refractivity contribution is -0.135. The third-order valence-corrected chi connectivity index (χ3v) is 5.13. The molecule has 2 atom stereocenters. The number of nitrogens with two attached hydrogens (primary N) is 1. The van der Waals surface area contributed by atoms with Crippen molar-refractivity contribution in [2.24, 2.45) is 5.73 Å². The number of carbonyl (C=O) groups excluding carboxylic acids is 1. The number of rotatable bonds is 3. The van der Waals surface area contributed by atoms with E-state index in [9.17, 15) is 18.0 Å². The predicted molar refractivity (Wildman–Crippen MR) is 90.5 cm³/mol. The summed E-state index contributed by atoms with van der Waals surface area (Å²) in [4.78, 5) is 20.3. The maximum atomic E-state index is 13.8. The fraction of sp³-hybridized carbons (Fsp3) is 0.529. The van der Waals surface area contributed by atoms with E-state index in [-0.39, 0.29) is 30.9 Å². The molecule has 2 aliphatic rings. The smallest absolute Gasteiger partial charge is 0.242 e. The van der Waals surface area contributed by atoms with Crippen LogP contribution < -0.4 is 10.6 Å². The molecule has 2 fully saturated rings. The van der Waals surface area contributed by atoms with Crippen molar-refractivity contribution in [2.45, 2.75) is 31.6 Å². The van der Waals surface area contributed by atoms with E-state index in [0.717, 1.165) is 18.6 Å². The summed E-state index contributed by atoms with van der Waals surface area (Å²) in [5.74, 6) is -1.71. The van der Waals surface area contributed by atoms with Gasteiger partial charge in [0, 0.05) is 38.3 Å². The number of anilines is 1. The number of fused-ring (bicyclic) bond motifs is 1. The van der Waals surface area contributed by atoms with Gasteiger partial charge in [0.15, 0.2) is 11.6 Å². The number of likely N-dealkylation sites (tertiary alicyclic amines) is 1. The number of imidazole rings is 1. The second-order valence-corrected chi connectivity index (χ2v) is 6.90. The fourth-order valence-corrected chi connectivity index (χ4v) is 3.44. The van der Waals surface area contributed by atoms with Crippen LogP contribution in [0.2, 0.25) is 0 Å². The van der Waals surface area contributed by atoms with Gasteiger partial charge in [-0.15, -0.1) is 0 Å². The van der Waals surface area contributed by atoms with E-state index >= 15 is 0 Å². The van der Waals surface area contributed by atoms with Crippen LogP contribution >= 0.6 is 0 Å². The highest BCUT2D eigenvalue weighted by Gasteiger charge is 2.30. The maximum absolute atomic E-state index is 13.8. The van der Waals surface area contributed by atoms with Crippen molar-refractivity contribution < 1.29 is 18.0 Å². The number of carbonyl (C=O) groups is 1. The molecular weight excluding hydrogens is 347 g/mol. The molecule has 1 aromatic carbocycles. The van der Waals surface area contributed by atoms with Crippen molar-refractivity contribution in [3.05, 3.63) is 23.8 Å². The van der Waals surface area contributed by atoms with Gasteiger partial charge in [-0.25, -0.2) is 18.2 Å². The van der Waals surface area contributed by atoms with Gasteiger partial charge in [0.05, 0.1) is 17.1 Å². The van der Waals surface area contributed by atoms with E-state index in [1.807, 2.05) is 0 Å². The van der Waals surface area contributed by atoms with Crippen molar-refractivity contribution in [2.75, 3.05) is 31.1 Å². The molecule has 4 rings (SSSR count). The van der Waals surface area contributed by atoms with Gasteiger partial charge in [-0.1, -0.05) is 0 Å². The van der Waals surface area contributed by atoms with Crippen molar-refractivity contribution in [3.63, 3.8) is 0 Å². The summed E-state index contributed by atoms with van der Waals surface area (Å²) in [7, 11) is 0. The number of hydrogen-bond donors (Lipinski definition) is 1. The highest BCUT2D eigenvalue weighted by molar-refractivity contribution is 5.83. The molecule has 1 amide bonds. The normalized spacial score (nSPS) is 23.4. The van der Waals surface area contributed by atoms with E-state index in [2.05, 4.69) is 4.98 Å². The Bertz CT molecular complexity index is 851. The van der Waals surface area contributed by atoms with Crippen LogP contribution in [0.4, 0.5) is 19.1 Å². The number of halogens is 3. The molecule has 2 aliphatic heterocycles. The summed E-state index contributed by atoms with van der Waals surface area (Å²) in [5, 5.41) is 0. The monoisotopic (exact) mass is 367 g/mol. The Labute approximate surface area is 148 Å². The van der Waals surface area contributed by atoms with Crippen molar-refractivity contribution >= 4 is 22.9 Å². The summed E-state index contributed by atoms with van der Waals surface area (Å²) in [6.07, 6.45) is 0.108. The molecule has 0 aliphatic carbocycles. The molecule has 0 radical (unpaired) electrons. The molecule has 2 N–H and O–H groups in total. The van der Waals surface area contributed by atoms with Crippen LogP contribution in [0.5, 0.6) is 0 Å². The van der Waals surface area contributed by atoms with Crippen LogP contribution in [-0.4, -0.2) is 58.8 Å². The minimum absolute atomic E-state index is 0.0261. The second kappa shape index (κ2) is 6.46. The van der Waals surface area contributed by atoms with Crippen LogP contribution in [0.25, 0.3) is 11.0 Å². The number of aromatic nitrogens is 2. The van der Waals surface area contributed by atoms with Crippen LogP contribution in [-0.2, 0) is 11.3 Å². The van der Waals surface area contributed by atoms with Gasteiger partial charge in [-0.3, -0.25) is 4.79 Å².